The first-order valence-electron chi connectivity index (χ1n) is 5.09. The molecule has 0 aliphatic carbocycles. The predicted octanol–water partition coefficient (Wildman–Crippen LogP) is 2.56. The minimum atomic E-state index is -4.46. The molecule has 4 nitrogen and oxygen atoms in total. The number of alkyl halides is 3. The van der Waals surface area contributed by atoms with Crippen LogP contribution in [0.4, 0.5) is 19.0 Å². The minimum Gasteiger partial charge on any atom is -0.475 e. The lowest BCUT2D eigenvalue weighted by molar-refractivity contribution is -0.137. The van der Waals surface area contributed by atoms with Crippen LogP contribution in [0.2, 0.25) is 0 Å². The van der Waals surface area contributed by atoms with E-state index in [-0.39, 0.29) is 17.8 Å². The number of hydrogen-bond acceptors (Lipinski definition) is 4. The van der Waals surface area contributed by atoms with Gasteiger partial charge in [-0.25, -0.2) is 5.84 Å². The summed E-state index contributed by atoms with van der Waals surface area (Å²) in [6.45, 7) is 3.61. The van der Waals surface area contributed by atoms with Gasteiger partial charge in [0, 0.05) is 6.07 Å². The maximum absolute atomic E-state index is 12.6. The normalized spacial score (nSPS) is 13.3. The second kappa shape index (κ2) is 5.22. The molecule has 3 N–H and O–H groups in total. The van der Waals surface area contributed by atoms with Gasteiger partial charge in [-0.2, -0.15) is 18.2 Å². The summed E-state index contributed by atoms with van der Waals surface area (Å²) >= 11 is 0. The Morgan fingerprint density at radius 3 is 2.59 bits per heavy atom. The van der Waals surface area contributed by atoms with Gasteiger partial charge in [0.25, 0.3) is 0 Å². The fraction of sp³-hybridized carbons (Fsp3) is 0.500. The summed E-state index contributed by atoms with van der Waals surface area (Å²) in [6.07, 6.45) is -4.00. The molecule has 0 saturated carbocycles. The maximum Gasteiger partial charge on any atom is 0.416 e. The average molecular weight is 249 g/mol. The second-order valence-corrected chi connectivity index (χ2v) is 3.56. The Bertz CT molecular complexity index is 382. The van der Waals surface area contributed by atoms with Gasteiger partial charge in [0.2, 0.25) is 5.88 Å². The zero-order chi connectivity index (χ0) is 13.1. The van der Waals surface area contributed by atoms with Crippen LogP contribution in [0.5, 0.6) is 5.88 Å². The van der Waals surface area contributed by atoms with E-state index in [1.165, 1.54) is 0 Å². The molecule has 0 amide bonds. The summed E-state index contributed by atoms with van der Waals surface area (Å²) in [4.78, 5) is 3.80. The Morgan fingerprint density at radius 2 is 2.12 bits per heavy atom. The molecule has 0 bridgehead atoms. The first kappa shape index (κ1) is 13.6. The van der Waals surface area contributed by atoms with Crippen molar-refractivity contribution in [2.45, 2.75) is 32.5 Å². The van der Waals surface area contributed by atoms with Gasteiger partial charge in [-0.3, -0.25) is 0 Å². The number of halogens is 3. The molecule has 0 saturated heterocycles. The topological polar surface area (TPSA) is 60.2 Å². The van der Waals surface area contributed by atoms with Gasteiger partial charge in [-0.1, -0.05) is 6.92 Å². The highest BCUT2D eigenvalue weighted by Crippen LogP contribution is 2.32. The Balaban J connectivity index is 3.05. The van der Waals surface area contributed by atoms with Crippen LogP contribution in [0.1, 0.15) is 25.8 Å². The van der Waals surface area contributed by atoms with Gasteiger partial charge in [0.1, 0.15) is 5.82 Å². The van der Waals surface area contributed by atoms with E-state index in [9.17, 15) is 13.2 Å². The number of nitrogen functional groups attached to an aromatic ring is 1. The highest BCUT2D eigenvalue weighted by atomic mass is 19.4. The number of nitrogens with zero attached hydrogens (tertiary/aromatic N) is 1. The number of rotatable bonds is 4. The molecule has 1 rings (SSSR count). The Kier molecular flexibility index (Phi) is 4.17. The van der Waals surface area contributed by atoms with Gasteiger partial charge < -0.3 is 10.2 Å². The van der Waals surface area contributed by atoms with E-state index in [2.05, 4.69) is 10.4 Å². The summed E-state index contributed by atoms with van der Waals surface area (Å²) in [5.41, 5.74) is 1.23. The largest absolute Gasteiger partial charge is 0.475 e. The van der Waals surface area contributed by atoms with E-state index in [1.54, 1.807) is 6.92 Å². The molecule has 0 fully saturated rings. The van der Waals surface area contributed by atoms with Gasteiger partial charge in [-0.15, -0.1) is 0 Å². The Labute approximate surface area is 96.9 Å². The van der Waals surface area contributed by atoms with Gasteiger partial charge >= 0.3 is 6.18 Å². The van der Waals surface area contributed by atoms with Crippen LogP contribution in [0, 0.1) is 0 Å². The van der Waals surface area contributed by atoms with Crippen molar-refractivity contribution in [3.05, 3.63) is 17.7 Å². The smallest absolute Gasteiger partial charge is 0.416 e. The summed E-state index contributed by atoms with van der Waals surface area (Å²) < 4.78 is 42.9. The molecule has 1 atom stereocenters. The van der Waals surface area contributed by atoms with Crippen molar-refractivity contribution < 1.29 is 17.9 Å². The first-order valence-corrected chi connectivity index (χ1v) is 5.09. The lowest BCUT2D eigenvalue weighted by atomic mass is 10.2. The van der Waals surface area contributed by atoms with Crippen molar-refractivity contribution >= 4 is 5.82 Å². The number of aromatic nitrogens is 1. The van der Waals surface area contributed by atoms with Crippen LogP contribution >= 0.6 is 0 Å². The van der Waals surface area contributed by atoms with Gasteiger partial charge in [0.05, 0.1) is 11.7 Å². The minimum absolute atomic E-state index is 0.0851. The summed E-state index contributed by atoms with van der Waals surface area (Å²) in [7, 11) is 0. The molecule has 1 heterocycles. The second-order valence-electron chi connectivity index (χ2n) is 3.56. The monoisotopic (exact) mass is 249 g/mol. The highest BCUT2D eigenvalue weighted by Gasteiger charge is 2.32. The maximum atomic E-state index is 12.6. The molecule has 96 valence electrons. The molecule has 0 aromatic carbocycles. The van der Waals surface area contributed by atoms with Crippen molar-refractivity contribution in [3.8, 4) is 5.88 Å². The zero-order valence-corrected chi connectivity index (χ0v) is 9.51. The summed E-state index contributed by atoms with van der Waals surface area (Å²) in [5.74, 6) is 4.88. The zero-order valence-electron chi connectivity index (χ0n) is 9.51. The molecule has 0 spiro atoms. The standard InChI is InChI=1S/C10H14F3N3O/c1-3-6(2)17-9-5-7(10(11,12)13)4-8(15-9)16-14/h4-6H,3,14H2,1-2H3,(H,15,16). The number of hydrazine groups is 1. The Hall–Kier alpha value is -1.50. The molecule has 17 heavy (non-hydrogen) atoms. The molecule has 0 aliphatic heterocycles. The summed E-state index contributed by atoms with van der Waals surface area (Å²) in [5, 5.41) is 0. The van der Waals surface area contributed by atoms with Crippen molar-refractivity contribution in [1.29, 1.82) is 0 Å². The predicted molar refractivity (Wildman–Crippen MR) is 57.4 cm³/mol. The third-order valence-electron chi connectivity index (χ3n) is 2.17. The molecule has 1 aromatic heterocycles. The molecule has 0 aliphatic rings. The van der Waals surface area contributed by atoms with Crippen LogP contribution in [0.25, 0.3) is 0 Å². The van der Waals surface area contributed by atoms with Crippen LogP contribution in [-0.4, -0.2) is 11.1 Å². The van der Waals surface area contributed by atoms with Crippen LogP contribution in [0.3, 0.4) is 0 Å². The van der Waals surface area contributed by atoms with E-state index in [0.717, 1.165) is 12.1 Å². The molecular weight excluding hydrogens is 235 g/mol. The molecule has 0 radical (unpaired) electrons. The van der Waals surface area contributed by atoms with E-state index >= 15 is 0 Å². The van der Waals surface area contributed by atoms with E-state index < -0.39 is 11.7 Å². The molecule has 1 aromatic rings. The van der Waals surface area contributed by atoms with Crippen LogP contribution in [-0.2, 0) is 6.18 Å². The number of pyridine rings is 1. The third kappa shape index (κ3) is 3.77. The van der Waals surface area contributed by atoms with Crippen LogP contribution in [0.15, 0.2) is 12.1 Å². The fourth-order valence-electron chi connectivity index (χ4n) is 1.09. The number of hydrogen-bond donors (Lipinski definition) is 2. The van der Waals surface area contributed by atoms with Gasteiger partial charge in [-0.05, 0) is 19.4 Å². The van der Waals surface area contributed by atoms with Crippen molar-refractivity contribution in [3.63, 3.8) is 0 Å². The molecular formula is C10H14F3N3O. The molecule has 7 heteroatoms. The van der Waals surface area contributed by atoms with Crippen molar-refractivity contribution in [1.82, 2.24) is 4.98 Å². The lowest BCUT2D eigenvalue weighted by Crippen LogP contribution is -2.15. The fourth-order valence-corrected chi connectivity index (χ4v) is 1.09. The summed E-state index contributed by atoms with van der Waals surface area (Å²) in [6, 6.07) is 1.68. The van der Waals surface area contributed by atoms with E-state index in [0.29, 0.717) is 6.42 Å². The Morgan fingerprint density at radius 1 is 1.47 bits per heavy atom. The number of anilines is 1. The van der Waals surface area contributed by atoms with E-state index in [4.69, 9.17) is 10.6 Å². The van der Waals surface area contributed by atoms with Crippen LogP contribution < -0.4 is 16.0 Å². The van der Waals surface area contributed by atoms with Gasteiger partial charge in [0.15, 0.2) is 0 Å². The first-order chi connectivity index (χ1) is 7.86. The third-order valence-corrected chi connectivity index (χ3v) is 2.17. The number of nitrogens with one attached hydrogen (secondary N) is 1. The van der Waals surface area contributed by atoms with Crippen molar-refractivity contribution in [2.75, 3.05) is 5.43 Å². The quantitative estimate of drug-likeness (QED) is 0.636. The van der Waals surface area contributed by atoms with E-state index in [1.807, 2.05) is 6.92 Å². The average Bonchev–Trinajstić information content (AvgIpc) is 2.27. The SMILES string of the molecule is CCC(C)Oc1cc(C(F)(F)F)cc(NN)n1. The number of ether oxygens (including phenoxy) is 1. The number of nitrogens with two attached hydrogens (primary N) is 1. The van der Waals surface area contributed by atoms with Crippen molar-refractivity contribution in [2.24, 2.45) is 5.84 Å². The highest BCUT2D eigenvalue weighted by molar-refractivity contribution is 5.41. The molecule has 1 unspecified atom stereocenters. The lowest BCUT2D eigenvalue weighted by Gasteiger charge is -2.15.